The Balaban J connectivity index is 1.08. The van der Waals surface area contributed by atoms with Gasteiger partial charge >= 0.3 is 0 Å². The maximum absolute atomic E-state index is 5.50. The van der Waals surface area contributed by atoms with Crippen LogP contribution in [0.5, 0.6) is 0 Å². The van der Waals surface area contributed by atoms with Crippen molar-refractivity contribution in [2.45, 2.75) is 26.2 Å². The number of rotatable bonds is 9. The van der Waals surface area contributed by atoms with Gasteiger partial charge in [-0.1, -0.05) is 123 Å². The Labute approximate surface area is 467 Å². The molecule has 0 saturated heterocycles. The molecule has 12 aromatic rings. The van der Waals surface area contributed by atoms with Gasteiger partial charge in [0.1, 0.15) is 27.5 Å². The molecule has 0 fully saturated rings. The van der Waals surface area contributed by atoms with Crippen LogP contribution >= 0.6 is 0 Å². The van der Waals surface area contributed by atoms with Crippen LogP contribution in [0.2, 0.25) is 26.2 Å². The highest BCUT2D eigenvalue weighted by Crippen LogP contribution is 2.47. The number of anilines is 6. The molecular weight excluding hydrogens is 1010 g/mol. The van der Waals surface area contributed by atoms with Crippen LogP contribution in [0.4, 0.5) is 34.1 Å². The van der Waals surface area contributed by atoms with E-state index in [1.54, 1.807) is 24.8 Å². The van der Waals surface area contributed by atoms with Gasteiger partial charge in [0.05, 0.1) is 22.8 Å². The lowest BCUT2D eigenvalue weighted by Crippen LogP contribution is -2.58. The standard InChI is InChI=1S/C68H52N10Si2/c1-79(2)63-27-9-5-23-59(63)77(60-24-6-10-28-64(60)79)47-31-33-49(51(39-47)57-41-55(45-19-17-35-69-43-45)73-67(75-57)53-21-13-15-37-71-53)50-34-32-48(78-61-25-7-11-29-65(61)80(3,4)66-30-12-8-26-62(66)78)40-52(50)58-42-56(46-20-18-36-70-44-46)74-68(76-58)54-22-14-16-38-72-54/h5-44H,1-4H3. The second-order valence-electron chi connectivity index (χ2n) is 21.3. The van der Waals surface area contributed by atoms with Crippen molar-refractivity contribution in [3.05, 3.63) is 243 Å². The number of pyridine rings is 4. The van der Waals surface area contributed by atoms with Crippen LogP contribution in [0, 0.1) is 0 Å². The Bertz CT molecular complexity index is 3840. The molecule has 80 heavy (non-hydrogen) atoms. The molecule has 0 atom stereocenters. The molecule has 0 unspecified atom stereocenters. The SMILES string of the molecule is C[Si]1(C)c2ccccc2N(c2ccc(-c3ccc(N4c5ccccc5[Si](C)(C)c5ccccc54)cc3-c3cc(-c4cccnc4)nc(-c4ccccn4)n3)c(-c3cc(-c4cccnc4)nc(-c4ccccn4)n3)c2)c2ccccc21. The van der Waals surface area contributed by atoms with Gasteiger partial charge in [0.25, 0.3) is 0 Å². The third kappa shape index (κ3) is 8.31. The van der Waals surface area contributed by atoms with E-state index < -0.39 is 16.1 Å². The Hall–Kier alpha value is -9.89. The lowest BCUT2D eigenvalue weighted by Gasteiger charge is -2.41. The van der Waals surface area contributed by atoms with Crippen LogP contribution in [0.15, 0.2) is 243 Å². The first-order valence-electron chi connectivity index (χ1n) is 26.9. The lowest BCUT2D eigenvalue weighted by atomic mass is 9.90. The molecule has 10 nitrogen and oxygen atoms in total. The Morgan fingerprint density at radius 1 is 0.300 bits per heavy atom. The summed E-state index contributed by atoms with van der Waals surface area (Å²) in [6, 6.07) is 73.2. The van der Waals surface area contributed by atoms with Crippen molar-refractivity contribution in [2.75, 3.05) is 9.80 Å². The summed E-state index contributed by atoms with van der Waals surface area (Å²) >= 11 is 0. The van der Waals surface area contributed by atoms with Gasteiger partial charge in [-0.25, -0.2) is 19.9 Å². The van der Waals surface area contributed by atoms with Gasteiger partial charge < -0.3 is 9.80 Å². The van der Waals surface area contributed by atoms with Crippen molar-refractivity contribution in [2.24, 2.45) is 0 Å². The Morgan fingerprint density at radius 2 is 0.662 bits per heavy atom. The summed E-state index contributed by atoms with van der Waals surface area (Å²) in [5, 5.41) is 5.52. The predicted octanol–water partition coefficient (Wildman–Crippen LogP) is 13.7. The van der Waals surface area contributed by atoms with Crippen LogP contribution in [-0.4, -0.2) is 56.0 Å². The van der Waals surface area contributed by atoms with E-state index in [9.17, 15) is 0 Å². The summed E-state index contributed by atoms with van der Waals surface area (Å²) < 4.78 is 0. The molecule has 0 radical (unpaired) electrons. The number of benzene rings is 6. The van der Waals surface area contributed by atoms with Crippen molar-refractivity contribution < 1.29 is 0 Å². The first kappa shape index (κ1) is 48.5. The van der Waals surface area contributed by atoms with E-state index in [0.717, 1.165) is 67.5 Å². The van der Waals surface area contributed by atoms with Crippen LogP contribution in [0.25, 0.3) is 79.2 Å². The van der Waals surface area contributed by atoms with Crippen molar-refractivity contribution in [1.82, 2.24) is 39.9 Å². The molecule has 0 amide bonds. The second kappa shape index (κ2) is 19.5. The highest BCUT2D eigenvalue weighted by Gasteiger charge is 2.40. The van der Waals surface area contributed by atoms with E-state index in [4.69, 9.17) is 29.9 Å². The van der Waals surface area contributed by atoms with Gasteiger partial charge in [0, 0.05) is 93.6 Å². The monoisotopic (exact) mass is 1060 g/mol. The van der Waals surface area contributed by atoms with Gasteiger partial charge in [0.2, 0.25) is 0 Å². The summed E-state index contributed by atoms with van der Waals surface area (Å²) in [5.74, 6) is 1.00. The molecule has 382 valence electrons. The van der Waals surface area contributed by atoms with Crippen LogP contribution in [0.1, 0.15) is 0 Å². The summed E-state index contributed by atoms with van der Waals surface area (Å²) in [6.07, 6.45) is 10.8. The van der Waals surface area contributed by atoms with Crippen molar-refractivity contribution in [3.8, 4) is 79.2 Å². The molecule has 12 heteroatoms. The van der Waals surface area contributed by atoms with Gasteiger partial charge in [-0.15, -0.1) is 0 Å². The molecule has 6 aromatic heterocycles. The fourth-order valence-electron chi connectivity index (χ4n) is 11.8. The van der Waals surface area contributed by atoms with Crippen LogP contribution in [-0.2, 0) is 0 Å². The van der Waals surface area contributed by atoms with Gasteiger partial charge in [-0.2, -0.15) is 0 Å². The second-order valence-corrected chi connectivity index (χ2v) is 29.9. The average molecular weight is 1070 g/mol. The maximum atomic E-state index is 5.50. The molecular formula is C68H52N10Si2. The quantitative estimate of drug-likeness (QED) is 0.130. The number of nitrogens with zero attached hydrogens (tertiary/aromatic N) is 10. The average Bonchev–Trinajstić information content (AvgIpc) is 3.31. The van der Waals surface area contributed by atoms with E-state index in [-0.39, 0.29) is 0 Å². The molecule has 0 bridgehead atoms. The zero-order chi connectivity index (χ0) is 54.0. The third-order valence-electron chi connectivity index (χ3n) is 15.8. The van der Waals surface area contributed by atoms with Crippen molar-refractivity contribution in [1.29, 1.82) is 0 Å². The predicted molar refractivity (Wildman–Crippen MR) is 330 cm³/mol. The largest absolute Gasteiger partial charge is 0.311 e. The van der Waals surface area contributed by atoms with E-state index in [1.165, 1.54) is 43.5 Å². The molecule has 2 aliphatic heterocycles. The van der Waals surface area contributed by atoms with Crippen molar-refractivity contribution in [3.63, 3.8) is 0 Å². The Kier molecular flexibility index (Phi) is 11.8. The summed E-state index contributed by atoms with van der Waals surface area (Å²) in [7, 11) is -4.22. The zero-order valence-electron chi connectivity index (χ0n) is 44.6. The maximum Gasteiger partial charge on any atom is 0.179 e. The summed E-state index contributed by atoms with van der Waals surface area (Å²) in [4.78, 5) is 44.9. The topological polar surface area (TPSA) is 110 Å². The summed E-state index contributed by atoms with van der Waals surface area (Å²) in [6.45, 7) is 9.82. The van der Waals surface area contributed by atoms with E-state index in [1.807, 2.05) is 73.1 Å². The number of para-hydroxylation sites is 4. The van der Waals surface area contributed by atoms with Crippen LogP contribution < -0.4 is 30.5 Å². The number of hydrogen-bond donors (Lipinski definition) is 0. The zero-order valence-corrected chi connectivity index (χ0v) is 46.6. The van der Waals surface area contributed by atoms with Gasteiger partial charge in [-0.3, -0.25) is 19.9 Å². The molecule has 14 rings (SSSR count). The highest BCUT2D eigenvalue weighted by atomic mass is 28.3. The molecule has 0 saturated carbocycles. The number of aromatic nitrogens is 8. The fourth-order valence-corrected chi connectivity index (χ4v) is 17.8. The molecule has 0 spiro atoms. The van der Waals surface area contributed by atoms with Crippen LogP contribution in [0.3, 0.4) is 0 Å². The van der Waals surface area contributed by atoms with Crippen molar-refractivity contribution >= 4 is 71.0 Å². The summed E-state index contributed by atoms with van der Waals surface area (Å²) in [5.41, 5.74) is 16.3. The number of hydrogen-bond acceptors (Lipinski definition) is 10. The highest BCUT2D eigenvalue weighted by molar-refractivity contribution is 7.03. The Morgan fingerprint density at radius 3 is 1.01 bits per heavy atom. The first-order chi connectivity index (χ1) is 39.2. The molecule has 8 heterocycles. The van der Waals surface area contributed by atoms with Gasteiger partial charge in [-0.05, 0) is 141 Å². The van der Waals surface area contributed by atoms with E-state index in [2.05, 4.69) is 192 Å². The third-order valence-corrected chi connectivity index (χ3v) is 22.9. The minimum absolute atomic E-state index is 0.501. The van der Waals surface area contributed by atoms with Gasteiger partial charge in [0.15, 0.2) is 11.6 Å². The normalized spacial score (nSPS) is 13.7. The molecule has 0 aliphatic carbocycles. The van der Waals surface area contributed by atoms with E-state index in [0.29, 0.717) is 23.0 Å². The lowest BCUT2D eigenvalue weighted by molar-refractivity contribution is 1.14. The first-order valence-corrected chi connectivity index (χ1v) is 32.9. The molecule has 2 aliphatic rings. The fraction of sp³-hybridized carbons (Fsp3) is 0.0588. The molecule has 6 aromatic carbocycles. The number of fused-ring (bicyclic) bond motifs is 4. The smallest absolute Gasteiger partial charge is 0.179 e. The van der Waals surface area contributed by atoms with E-state index >= 15 is 0 Å². The minimum Gasteiger partial charge on any atom is -0.311 e. The minimum atomic E-state index is -2.11. The molecule has 0 N–H and O–H groups in total.